The number of halogens is 2. The van der Waals surface area contributed by atoms with Crippen molar-refractivity contribution in [3.8, 4) is 22.5 Å². The topological polar surface area (TPSA) is 43.6 Å². The second-order valence-electron chi connectivity index (χ2n) is 9.20. The lowest BCUT2D eigenvalue weighted by atomic mass is 9.77. The molecule has 1 aromatic heterocycles. The first-order valence-electron chi connectivity index (χ1n) is 12.6. The van der Waals surface area contributed by atoms with E-state index < -0.39 is 5.54 Å². The summed E-state index contributed by atoms with van der Waals surface area (Å²) < 4.78 is 14.7. The van der Waals surface area contributed by atoms with Gasteiger partial charge < -0.3 is 0 Å². The third kappa shape index (κ3) is 4.47. The van der Waals surface area contributed by atoms with Crippen LogP contribution in [0, 0.1) is 5.82 Å². The molecule has 0 unspecified atom stereocenters. The first-order valence-corrected chi connectivity index (χ1v) is 13.7. The Morgan fingerprint density at radius 1 is 0.641 bits per heavy atom. The van der Waals surface area contributed by atoms with Crippen molar-refractivity contribution in [1.29, 1.82) is 0 Å². The van der Waals surface area contributed by atoms with Gasteiger partial charge in [0.25, 0.3) is 0 Å². The average Bonchev–Trinajstić information content (AvgIpc) is 3.50. The molecule has 6 heteroatoms. The second-order valence-corrected chi connectivity index (χ2v) is 9.76. The first-order chi connectivity index (χ1) is 19.2. The number of rotatable bonds is 7. The van der Waals surface area contributed by atoms with Gasteiger partial charge in [-0.1, -0.05) is 143 Å². The van der Waals surface area contributed by atoms with Crippen LogP contribution in [0.3, 0.4) is 0 Å². The van der Waals surface area contributed by atoms with E-state index >= 15 is 0 Å². The van der Waals surface area contributed by atoms with Gasteiger partial charge in [-0.25, -0.2) is 4.39 Å². The third-order valence-corrected chi connectivity index (χ3v) is 7.57. The zero-order valence-electron chi connectivity index (χ0n) is 21.0. The number of benzene rings is 5. The highest BCUT2D eigenvalue weighted by atomic mass is 79.9. The number of alkyl halides is 1. The Morgan fingerprint density at radius 3 is 1.67 bits per heavy atom. The van der Waals surface area contributed by atoms with E-state index in [1.54, 1.807) is 16.9 Å². The summed E-state index contributed by atoms with van der Waals surface area (Å²) in [4.78, 5) is 1.70. The van der Waals surface area contributed by atoms with Crippen molar-refractivity contribution in [3.05, 3.63) is 162 Å². The van der Waals surface area contributed by atoms with Gasteiger partial charge in [0.2, 0.25) is 5.82 Å². The fourth-order valence-corrected chi connectivity index (χ4v) is 5.56. The number of aromatic nitrogens is 4. The maximum Gasteiger partial charge on any atom is 0.205 e. The Hall–Kier alpha value is -4.42. The van der Waals surface area contributed by atoms with Crippen LogP contribution in [0.1, 0.15) is 22.3 Å². The number of hydrogen-bond donors (Lipinski definition) is 0. The largest absolute Gasteiger partial charge is 0.207 e. The molecule has 0 saturated heterocycles. The van der Waals surface area contributed by atoms with Crippen LogP contribution in [0.5, 0.6) is 0 Å². The minimum Gasteiger partial charge on any atom is -0.207 e. The average molecular weight is 575 g/mol. The highest BCUT2D eigenvalue weighted by molar-refractivity contribution is 9.08. The van der Waals surface area contributed by atoms with Crippen molar-refractivity contribution in [1.82, 2.24) is 20.2 Å². The molecule has 0 fully saturated rings. The molecule has 0 saturated carbocycles. The molecule has 0 bridgehead atoms. The quantitative estimate of drug-likeness (QED) is 0.144. The summed E-state index contributed by atoms with van der Waals surface area (Å²) in [6, 6.07) is 43.7. The molecular weight excluding hydrogens is 551 g/mol. The van der Waals surface area contributed by atoms with Crippen LogP contribution in [0.25, 0.3) is 22.5 Å². The van der Waals surface area contributed by atoms with Gasteiger partial charge in [-0.2, -0.15) is 0 Å². The monoisotopic (exact) mass is 574 g/mol. The summed E-state index contributed by atoms with van der Waals surface area (Å²) in [6.07, 6.45) is 0. The fraction of sp³-hybridized carbons (Fsp3) is 0.0606. The molecule has 0 atom stereocenters. The Bertz CT molecular complexity index is 1610. The molecule has 0 aliphatic carbocycles. The van der Waals surface area contributed by atoms with Crippen molar-refractivity contribution in [2.75, 3.05) is 0 Å². The van der Waals surface area contributed by atoms with Crippen molar-refractivity contribution in [3.63, 3.8) is 0 Å². The number of nitrogens with zero attached hydrogens (tertiary/aromatic N) is 4. The van der Waals surface area contributed by atoms with Gasteiger partial charge in [0, 0.05) is 10.9 Å². The summed E-state index contributed by atoms with van der Waals surface area (Å²) in [5.41, 5.74) is 5.13. The van der Waals surface area contributed by atoms with Gasteiger partial charge in [0.15, 0.2) is 5.54 Å². The number of tetrazole rings is 1. The minimum absolute atomic E-state index is 0.257. The van der Waals surface area contributed by atoms with Gasteiger partial charge in [-0.05, 0) is 44.7 Å². The lowest BCUT2D eigenvalue weighted by Crippen LogP contribution is -2.39. The number of hydrogen-bond acceptors (Lipinski definition) is 3. The van der Waals surface area contributed by atoms with Crippen LogP contribution in [0.15, 0.2) is 133 Å². The van der Waals surface area contributed by atoms with E-state index in [1.165, 1.54) is 0 Å². The van der Waals surface area contributed by atoms with E-state index in [2.05, 4.69) is 62.6 Å². The third-order valence-electron chi connectivity index (χ3n) is 6.96. The second kappa shape index (κ2) is 10.8. The first kappa shape index (κ1) is 24.9. The fourth-order valence-electron chi connectivity index (χ4n) is 5.10. The molecular formula is C33H24BrFN4. The summed E-state index contributed by atoms with van der Waals surface area (Å²) >= 11 is 3.35. The Morgan fingerprint density at radius 2 is 1.15 bits per heavy atom. The maximum absolute atomic E-state index is 14.7. The summed E-state index contributed by atoms with van der Waals surface area (Å²) in [5.74, 6) is 0.204. The Kier molecular flexibility index (Phi) is 6.86. The molecule has 39 heavy (non-hydrogen) atoms. The normalized spacial score (nSPS) is 11.4. The van der Waals surface area contributed by atoms with E-state index in [1.807, 2.05) is 84.9 Å². The van der Waals surface area contributed by atoms with Crippen LogP contribution in [0.2, 0.25) is 0 Å². The standard InChI is InChI=1S/C33H24BrFN4/c34-23-25-21-20-24(22-31(25)35)29-18-10-11-19-30(29)32-36-38-39(37-32)33(26-12-4-1-5-13-26,27-14-6-2-7-15-27)28-16-8-3-9-17-28/h1-22H,23H2. The zero-order chi connectivity index (χ0) is 26.7. The molecule has 0 N–H and O–H groups in total. The molecule has 6 aromatic rings. The molecule has 5 aromatic carbocycles. The van der Waals surface area contributed by atoms with E-state index in [0.29, 0.717) is 16.7 Å². The van der Waals surface area contributed by atoms with Crippen LogP contribution in [-0.2, 0) is 10.9 Å². The molecule has 190 valence electrons. The molecule has 0 aliphatic rings. The van der Waals surface area contributed by atoms with Crippen LogP contribution >= 0.6 is 15.9 Å². The van der Waals surface area contributed by atoms with Crippen molar-refractivity contribution in [2.24, 2.45) is 0 Å². The molecule has 0 amide bonds. The van der Waals surface area contributed by atoms with E-state index in [-0.39, 0.29) is 5.82 Å². The predicted octanol–water partition coefficient (Wildman–Crippen LogP) is 7.88. The predicted molar refractivity (Wildman–Crippen MR) is 156 cm³/mol. The van der Waals surface area contributed by atoms with Gasteiger partial charge in [-0.15, -0.1) is 15.0 Å². The minimum atomic E-state index is -0.867. The smallest absolute Gasteiger partial charge is 0.205 e. The molecule has 4 nitrogen and oxygen atoms in total. The van der Waals surface area contributed by atoms with Crippen LogP contribution in [-0.4, -0.2) is 20.2 Å². The van der Waals surface area contributed by atoms with E-state index in [0.717, 1.165) is 33.4 Å². The van der Waals surface area contributed by atoms with Crippen molar-refractivity contribution in [2.45, 2.75) is 10.9 Å². The van der Waals surface area contributed by atoms with Crippen LogP contribution < -0.4 is 0 Å². The summed E-state index contributed by atoms with van der Waals surface area (Å²) in [6.45, 7) is 0. The molecule has 0 spiro atoms. The molecule has 0 radical (unpaired) electrons. The lowest BCUT2D eigenvalue weighted by Gasteiger charge is -2.34. The van der Waals surface area contributed by atoms with Crippen molar-refractivity contribution >= 4 is 15.9 Å². The highest BCUT2D eigenvalue weighted by Crippen LogP contribution is 2.40. The Balaban J connectivity index is 1.57. The SMILES string of the molecule is Fc1cc(-c2ccccc2-c2nnn(C(c3ccccc3)(c3ccccc3)c3ccccc3)n2)ccc1CBr. The van der Waals surface area contributed by atoms with Gasteiger partial charge >= 0.3 is 0 Å². The summed E-state index contributed by atoms with van der Waals surface area (Å²) in [5, 5.41) is 14.7. The van der Waals surface area contributed by atoms with Gasteiger partial charge in [-0.3, -0.25) is 0 Å². The zero-order valence-corrected chi connectivity index (χ0v) is 22.5. The lowest BCUT2D eigenvalue weighted by molar-refractivity contribution is 0.396. The van der Waals surface area contributed by atoms with Gasteiger partial charge in [0.05, 0.1) is 0 Å². The Labute approximate surface area is 234 Å². The molecule has 1 heterocycles. The highest BCUT2D eigenvalue weighted by Gasteiger charge is 2.41. The van der Waals surface area contributed by atoms with Crippen molar-refractivity contribution < 1.29 is 4.39 Å². The summed E-state index contributed by atoms with van der Waals surface area (Å²) in [7, 11) is 0. The van der Waals surface area contributed by atoms with Gasteiger partial charge in [0.1, 0.15) is 5.82 Å². The molecule has 0 aliphatic heterocycles. The molecule has 6 rings (SSSR count). The van der Waals surface area contributed by atoms with Crippen LogP contribution in [0.4, 0.5) is 4.39 Å². The van der Waals surface area contributed by atoms with E-state index in [4.69, 9.17) is 5.10 Å². The van der Waals surface area contributed by atoms with E-state index in [9.17, 15) is 4.39 Å². The maximum atomic E-state index is 14.7.